The molecule has 2 aromatic heterocycles. The van der Waals surface area contributed by atoms with Gasteiger partial charge in [0.1, 0.15) is 11.0 Å². The number of fused-ring (bicyclic) bond motifs is 2. The van der Waals surface area contributed by atoms with Gasteiger partial charge < -0.3 is 14.2 Å². The molecule has 0 bridgehead atoms. The molecule has 0 N–H and O–H groups in total. The molecule has 0 saturated heterocycles. The van der Waals surface area contributed by atoms with Gasteiger partial charge in [-0.25, -0.2) is 4.68 Å². The number of rotatable bonds is 9. The van der Waals surface area contributed by atoms with Crippen molar-refractivity contribution in [3.05, 3.63) is 58.8 Å². The van der Waals surface area contributed by atoms with Crippen LogP contribution in [0.25, 0.3) is 11.0 Å². The van der Waals surface area contributed by atoms with E-state index in [1.54, 1.807) is 4.68 Å². The number of aromatic nitrogens is 4. The van der Waals surface area contributed by atoms with Gasteiger partial charge in [-0.2, -0.15) is 13.8 Å². The van der Waals surface area contributed by atoms with Gasteiger partial charge in [-0.15, -0.1) is 0 Å². The summed E-state index contributed by atoms with van der Waals surface area (Å²) in [6.07, 6.45) is 3.46. The molecule has 2 aromatic carbocycles. The second kappa shape index (κ2) is 8.96. The first-order valence-corrected chi connectivity index (χ1v) is 11.3. The number of benzene rings is 2. The minimum absolute atomic E-state index is 0.226. The zero-order chi connectivity index (χ0) is 21.9. The fourth-order valence-electron chi connectivity index (χ4n) is 3.89. The Morgan fingerprint density at radius 1 is 1.09 bits per heavy atom. The summed E-state index contributed by atoms with van der Waals surface area (Å²) in [5, 5.41) is 4.84. The number of hydrogen-bond donors (Lipinski definition) is 0. The molecule has 0 unspecified atom stereocenters. The van der Waals surface area contributed by atoms with E-state index in [1.807, 2.05) is 36.4 Å². The second-order valence-corrected chi connectivity index (χ2v) is 8.19. The summed E-state index contributed by atoms with van der Waals surface area (Å²) in [4.78, 5) is 11.4. The van der Waals surface area contributed by atoms with Crippen molar-refractivity contribution in [3.63, 3.8) is 0 Å². The number of hydrogen-bond acceptors (Lipinski definition) is 8. The van der Waals surface area contributed by atoms with E-state index in [0.29, 0.717) is 31.1 Å². The van der Waals surface area contributed by atoms with Crippen LogP contribution in [0.15, 0.2) is 36.4 Å². The smallest absolute Gasteiger partial charge is 0.299 e. The van der Waals surface area contributed by atoms with Crippen LogP contribution in [0.3, 0.4) is 0 Å². The maximum absolute atomic E-state index is 11.4. The molecule has 164 valence electrons. The second-order valence-electron chi connectivity index (χ2n) is 7.66. The van der Waals surface area contributed by atoms with Crippen molar-refractivity contribution in [2.24, 2.45) is 0 Å². The highest BCUT2D eigenvalue weighted by Crippen LogP contribution is 2.34. The average Bonchev–Trinajstić information content (AvgIpc) is 3.52. The SMILES string of the molecule is CCCCc1nn(Cc2ccc3c(c2)OCO3)c(OC=O)c1Cc1ccc2nsnc2c1. The number of carbonyl (C=O) groups is 1. The zero-order valence-electron chi connectivity index (χ0n) is 17.6. The maximum atomic E-state index is 11.4. The van der Waals surface area contributed by atoms with Gasteiger partial charge >= 0.3 is 0 Å². The number of ether oxygens (including phenoxy) is 3. The van der Waals surface area contributed by atoms with Crippen molar-refractivity contribution in [3.8, 4) is 17.4 Å². The van der Waals surface area contributed by atoms with Crippen molar-refractivity contribution < 1.29 is 19.0 Å². The lowest BCUT2D eigenvalue weighted by Gasteiger charge is -2.08. The molecule has 1 aliphatic heterocycles. The Morgan fingerprint density at radius 2 is 1.94 bits per heavy atom. The molecule has 0 aliphatic carbocycles. The lowest BCUT2D eigenvalue weighted by molar-refractivity contribution is -0.121. The number of unbranched alkanes of at least 4 members (excludes halogenated alkanes) is 1. The summed E-state index contributed by atoms with van der Waals surface area (Å²) < 4.78 is 26.7. The van der Waals surface area contributed by atoms with Crippen molar-refractivity contribution in [2.45, 2.75) is 39.2 Å². The molecule has 8 nitrogen and oxygen atoms in total. The van der Waals surface area contributed by atoms with E-state index >= 15 is 0 Å². The molecule has 0 atom stereocenters. The van der Waals surface area contributed by atoms with Crippen LogP contribution in [0.4, 0.5) is 0 Å². The molecule has 0 amide bonds. The monoisotopic (exact) mass is 450 g/mol. The lowest BCUT2D eigenvalue weighted by atomic mass is 10.0. The Kier molecular flexibility index (Phi) is 5.72. The first-order valence-electron chi connectivity index (χ1n) is 10.5. The van der Waals surface area contributed by atoms with Gasteiger partial charge in [-0.1, -0.05) is 25.5 Å². The predicted octanol–water partition coefficient (Wildman–Crippen LogP) is 4.13. The van der Waals surface area contributed by atoms with E-state index in [9.17, 15) is 4.79 Å². The summed E-state index contributed by atoms with van der Waals surface area (Å²) in [5.41, 5.74) is 5.67. The minimum atomic E-state index is 0.226. The molecule has 3 heterocycles. The topological polar surface area (TPSA) is 88.4 Å². The maximum Gasteiger partial charge on any atom is 0.299 e. The Labute approximate surface area is 189 Å². The first-order chi connectivity index (χ1) is 15.7. The number of nitrogens with zero attached hydrogens (tertiary/aromatic N) is 4. The molecule has 9 heteroatoms. The van der Waals surface area contributed by atoms with Crippen LogP contribution in [0, 0.1) is 0 Å². The minimum Gasteiger partial charge on any atom is -0.454 e. The fraction of sp³-hybridized carbons (Fsp3) is 0.304. The van der Waals surface area contributed by atoms with Crippen molar-refractivity contribution in [1.82, 2.24) is 18.5 Å². The van der Waals surface area contributed by atoms with Gasteiger partial charge in [0, 0.05) is 12.0 Å². The van der Waals surface area contributed by atoms with Gasteiger partial charge in [-0.05, 0) is 48.2 Å². The molecule has 32 heavy (non-hydrogen) atoms. The quantitative estimate of drug-likeness (QED) is 0.354. The standard InChI is InChI=1S/C23H22N4O4S/c1-2-3-4-18-17(9-15-5-7-19-20(10-15)26-32-25-19)23(29-13-28)27(24-18)12-16-6-8-21-22(11-16)31-14-30-21/h5-8,10-11,13H,2-4,9,12,14H2,1H3. The highest BCUT2D eigenvalue weighted by atomic mass is 32.1. The molecular weight excluding hydrogens is 428 g/mol. The number of carbonyl (C=O) groups excluding carboxylic acids is 1. The Morgan fingerprint density at radius 3 is 2.81 bits per heavy atom. The summed E-state index contributed by atoms with van der Waals surface area (Å²) in [5.74, 6) is 1.92. The Bertz CT molecular complexity index is 1270. The van der Waals surface area contributed by atoms with Crippen LogP contribution >= 0.6 is 11.7 Å². The lowest BCUT2D eigenvalue weighted by Crippen LogP contribution is -2.06. The molecule has 0 spiro atoms. The molecule has 5 rings (SSSR count). The molecule has 0 radical (unpaired) electrons. The van der Waals surface area contributed by atoms with Gasteiger partial charge in [-0.3, -0.25) is 4.79 Å². The van der Waals surface area contributed by atoms with Crippen LogP contribution in [-0.2, 0) is 24.2 Å². The van der Waals surface area contributed by atoms with Gasteiger partial charge in [0.25, 0.3) is 6.47 Å². The summed E-state index contributed by atoms with van der Waals surface area (Å²) in [6, 6.07) is 11.8. The van der Waals surface area contributed by atoms with Crippen molar-refractivity contribution in [2.75, 3.05) is 6.79 Å². The third kappa shape index (κ3) is 4.03. The van der Waals surface area contributed by atoms with Crippen LogP contribution in [-0.4, -0.2) is 31.8 Å². The molecule has 0 fully saturated rings. The van der Waals surface area contributed by atoms with E-state index < -0.39 is 0 Å². The van der Waals surface area contributed by atoms with Crippen LogP contribution in [0.5, 0.6) is 17.4 Å². The third-order valence-corrected chi connectivity index (χ3v) is 6.03. The summed E-state index contributed by atoms with van der Waals surface area (Å²) in [6.45, 7) is 3.29. The summed E-state index contributed by atoms with van der Waals surface area (Å²) >= 11 is 1.20. The van der Waals surface area contributed by atoms with Gasteiger partial charge in [0.05, 0.1) is 24.0 Å². The fourth-order valence-corrected chi connectivity index (χ4v) is 4.41. The van der Waals surface area contributed by atoms with Crippen molar-refractivity contribution >= 4 is 29.2 Å². The highest BCUT2D eigenvalue weighted by molar-refractivity contribution is 7.00. The first kappa shape index (κ1) is 20.4. The van der Waals surface area contributed by atoms with Crippen LogP contribution in [0.1, 0.15) is 42.1 Å². The zero-order valence-corrected chi connectivity index (χ0v) is 18.4. The van der Waals surface area contributed by atoms with E-state index in [1.165, 1.54) is 11.7 Å². The predicted molar refractivity (Wildman–Crippen MR) is 119 cm³/mol. The molecular formula is C23H22N4O4S. The molecule has 1 aliphatic rings. The normalized spacial score (nSPS) is 12.4. The van der Waals surface area contributed by atoms with E-state index in [-0.39, 0.29) is 6.79 Å². The third-order valence-electron chi connectivity index (χ3n) is 5.48. The van der Waals surface area contributed by atoms with E-state index in [2.05, 4.69) is 15.7 Å². The van der Waals surface area contributed by atoms with E-state index in [4.69, 9.17) is 19.3 Å². The van der Waals surface area contributed by atoms with Gasteiger partial charge in [0.2, 0.25) is 12.7 Å². The average molecular weight is 451 g/mol. The summed E-state index contributed by atoms with van der Waals surface area (Å²) in [7, 11) is 0. The Hall–Kier alpha value is -3.46. The van der Waals surface area contributed by atoms with Crippen LogP contribution in [0.2, 0.25) is 0 Å². The van der Waals surface area contributed by atoms with Crippen molar-refractivity contribution in [1.29, 1.82) is 0 Å². The molecule has 4 aromatic rings. The van der Waals surface area contributed by atoms with E-state index in [0.717, 1.165) is 58.4 Å². The largest absolute Gasteiger partial charge is 0.454 e. The highest BCUT2D eigenvalue weighted by Gasteiger charge is 2.21. The Balaban J connectivity index is 1.51. The van der Waals surface area contributed by atoms with Gasteiger partial charge in [0.15, 0.2) is 11.5 Å². The van der Waals surface area contributed by atoms with Crippen LogP contribution < -0.4 is 14.2 Å². The number of aryl methyl sites for hydroxylation is 1. The molecule has 0 saturated carbocycles.